The maximum Gasteiger partial charge on any atom is 0.172 e. The number of rotatable bonds is 6. The van der Waals surface area contributed by atoms with Crippen LogP contribution in [-0.2, 0) is 13.5 Å². The number of ketones is 1. The van der Waals surface area contributed by atoms with E-state index in [1.165, 1.54) is 11.3 Å². The van der Waals surface area contributed by atoms with Crippen LogP contribution in [0, 0.1) is 0 Å². The molecule has 0 bridgehead atoms. The van der Waals surface area contributed by atoms with E-state index in [4.69, 9.17) is 16.2 Å². The Bertz CT molecular complexity index is 1090. The van der Waals surface area contributed by atoms with Gasteiger partial charge in [-0.15, -0.1) is 11.3 Å². The van der Waals surface area contributed by atoms with Gasteiger partial charge in [0, 0.05) is 44.4 Å². The second-order valence-corrected chi connectivity index (χ2v) is 9.44. The lowest BCUT2D eigenvalue weighted by atomic mass is 10.0. The standard InChI is InChI=1S/C22H30N6O2S/c1-13(2)30-17-6-8-25-19-18(21(24)31-20(17)19)16(29)11-14-12-26-27(3)22(14)28-9-4-5-15(23)7-10-28/h6,8,12-13,15H,4-5,7,9-11,23-24H2,1-3H3. The number of nitrogen functional groups attached to an aromatic ring is 1. The highest BCUT2D eigenvalue weighted by Crippen LogP contribution is 2.39. The van der Waals surface area contributed by atoms with Gasteiger partial charge in [0.05, 0.1) is 33.1 Å². The molecule has 3 aromatic rings. The van der Waals surface area contributed by atoms with Gasteiger partial charge in [0.15, 0.2) is 5.78 Å². The minimum absolute atomic E-state index is 0.0211. The van der Waals surface area contributed by atoms with Crippen LogP contribution >= 0.6 is 11.3 Å². The van der Waals surface area contributed by atoms with E-state index in [0.717, 1.165) is 48.4 Å². The van der Waals surface area contributed by atoms with Crippen LogP contribution in [0.25, 0.3) is 10.2 Å². The van der Waals surface area contributed by atoms with Crippen LogP contribution in [0.4, 0.5) is 10.8 Å². The Kier molecular flexibility index (Phi) is 6.15. The third kappa shape index (κ3) is 4.38. The molecule has 0 aromatic carbocycles. The second kappa shape index (κ2) is 8.84. The summed E-state index contributed by atoms with van der Waals surface area (Å²) >= 11 is 1.35. The molecule has 1 unspecified atom stereocenters. The van der Waals surface area contributed by atoms with Crippen LogP contribution in [-0.4, -0.2) is 45.8 Å². The molecule has 0 radical (unpaired) electrons. The van der Waals surface area contributed by atoms with Crippen LogP contribution in [0.3, 0.4) is 0 Å². The van der Waals surface area contributed by atoms with E-state index in [2.05, 4.69) is 15.0 Å². The van der Waals surface area contributed by atoms with Gasteiger partial charge in [0.1, 0.15) is 11.6 Å². The number of ether oxygens (including phenoxy) is 1. The molecule has 0 saturated carbocycles. The fraction of sp³-hybridized carbons (Fsp3) is 0.500. The number of anilines is 2. The fourth-order valence-corrected chi connectivity index (χ4v) is 5.21. The molecule has 1 saturated heterocycles. The summed E-state index contributed by atoms with van der Waals surface area (Å²) in [4.78, 5) is 20.1. The quantitative estimate of drug-likeness (QED) is 0.564. The van der Waals surface area contributed by atoms with Crippen LogP contribution in [0.2, 0.25) is 0 Å². The van der Waals surface area contributed by atoms with Crippen molar-refractivity contribution < 1.29 is 9.53 Å². The predicted octanol–water partition coefficient (Wildman–Crippen LogP) is 3.14. The minimum Gasteiger partial charge on any atom is -0.489 e. The second-order valence-electron chi connectivity index (χ2n) is 8.39. The van der Waals surface area contributed by atoms with E-state index in [1.54, 1.807) is 12.4 Å². The highest BCUT2D eigenvalue weighted by atomic mass is 32.1. The van der Waals surface area contributed by atoms with Gasteiger partial charge in [-0.2, -0.15) is 5.10 Å². The summed E-state index contributed by atoms with van der Waals surface area (Å²) < 4.78 is 8.55. The van der Waals surface area contributed by atoms with Gasteiger partial charge >= 0.3 is 0 Å². The summed E-state index contributed by atoms with van der Waals surface area (Å²) in [6, 6.07) is 2.05. The zero-order valence-corrected chi connectivity index (χ0v) is 19.1. The van der Waals surface area contributed by atoms with E-state index in [9.17, 15) is 4.79 Å². The molecule has 1 aliphatic rings. The Morgan fingerprint density at radius 2 is 2.16 bits per heavy atom. The first kappa shape index (κ1) is 21.6. The number of nitrogens with two attached hydrogens (primary N) is 2. The van der Waals surface area contributed by atoms with Crippen molar-refractivity contribution >= 4 is 38.2 Å². The van der Waals surface area contributed by atoms with Crippen molar-refractivity contribution in [2.75, 3.05) is 23.7 Å². The highest BCUT2D eigenvalue weighted by molar-refractivity contribution is 7.23. The van der Waals surface area contributed by atoms with Crippen LogP contribution in [0.15, 0.2) is 18.5 Å². The normalized spacial score (nSPS) is 17.3. The molecule has 8 nitrogen and oxygen atoms in total. The summed E-state index contributed by atoms with van der Waals surface area (Å²) in [5.41, 5.74) is 14.4. The molecule has 1 atom stereocenters. The number of nitrogens with zero attached hydrogens (tertiary/aromatic N) is 4. The molecule has 4 rings (SSSR count). The van der Waals surface area contributed by atoms with Gasteiger partial charge in [-0.3, -0.25) is 14.5 Å². The molecule has 9 heteroatoms. The summed E-state index contributed by atoms with van der Waals surface area (Å²) in [6.45, 7) is 5.71. The molecule has 1 fully saturated rings. The van der Waals surface area contributed by atoms with E-state index < -0.39 is 0 Å². The van der Waals surface area contributed by atoms with Gasteiger partial charge in [-0.05, 0) is 39.2 Å². The number of fused-ring (bicyclic) bond motifs is 1. The number of aryl methyl sites for hydroxylation is 1. The van der Waals surface area contributed by atoms with Gasteiger partial charge in [0.25, 0.3) is 0 Å². The van der Waals surface area contributed by atoms with Gasteiger partial charge in [-0.25, -0.2) is 0 Å². The molecule has 31 heavy (non-hydrogen) atoms. The number of pyridine rings is 1. The van der Waals surface area contributed by atoms with Crippen LogP contribution < -0.4 is 21.1 Å². The Morgan fingerprint density at radius 3 is 2.94 bits per heavy atom. The smallest absolute Gasteiger partial charge is 0.172 e. The van der Waals surface area contributed by atoms with E-state index in [0.29, 0.717) is 21.8 Å². The van der Waals surface area contributed by atoms with Crippen molar-refractivity contribution in [1.29, 1.82) is 0 Å². The first-order valence-corrected chi connectivity index (χ1v) is 11.5. The number of hydrogen-bond donors (Lipinski definition) is 2. The topological polar surface area (TPSA) is 112 Å². The lowest BCUT2D eigenvalue weighted by Gasteiger charge is -2.24. The molecule has 166 valence electrons. The lowest BCUT2D eigenvalue weighted by Crippen LogP contribution is -2.29. The monoisotopic (exact) mass is 442 g/mol. The number of thiophene rings is 1. The molecule has 4 heterocycles. The number of carbonyl (C=O) groups is 1. The van der Waals surface area contributed by atoms with Crippen LogP contribution in [0.5, 0.6) is 5.75 Å². The summed E-state index contributed by atoms with van der Waals surface area (Å²) in [5, 5.41) is 4.91. The predicted molar refractivity (Wildman–Crippen MR) is 125 cm³/mol. The molecule has 0 spiro atoms. The average Bonchev–Trinajstić information content (AvgIpc) is 3.15. The maximum absolute atomic E-state index is 13.4. The highest BCUT2D eigenvalue weighted by Gasteiger charge is 2.25. The average molecular weight is 443 g/mol. The summed E-state index contributed by atoms with van der Waals surface area (Å²) in [6.07, 6.45) is 6.68. The number of hydrogen-bond acceptors (Lipinski definition) is 8. The van der Waals surface area contributed by atoms with Crippen molar-refractivity contribution in [3.63, 3.8) is 0 Å². The maximum atomic E-state index is 13.4. The molecular formula is C22H30N6O2S. The molecule has 0 amide bonds. The van der Waals surface area contributed by atoms with Crippen LogP contribution in [0.1, 0.15) is 49.0 Å². The van der Waals surface area contributed by atoms with Crippen molar-refractivity contribution in [2.45, 2.75) is 51.7 Å². The molecular weight excluding hydrogens is 412 g/mol. The Balaban J connectivity index is 1.64. The van der Waals surface area contributed by atoms with E-state index in [1.807, 2.05) is 31.6 Å². The molecule has 3 aromatic heterocycles. The van der Waals surface area contributed by atoms with Gasteiger partial charge in [0.2, 0.25) is 0 Å². The van der Waals surface area contributed by atoms with Crippen molar-refractivity contribution in [3.05, 3.63) is 29.6 Å². The van der Waals surface area contributed by atoms with E-state index >= 15 is 0 Å². The third-order valence-corrected chi connectivity index (χ3v) is 6.63. The van der Waals surface area contributed by atoms with Crippen molar-refractivity contribution in [3.8, 4) is 5.75 Å². The van der Waals surface area contributed by atoms with Crippen molar-refractivity contribution in [1.82, 2.24) is 14.8 Å². The Hall–Kier alpha value is -2.65. The first-order valence-electron chi connectivity index (χ1n) is 10.7. The SMILES string of the molecule is CC(C)Oc1ccnc2c(C(=O)Cc3cnn(C)c3N3CCCC(N)CC3)c(N)sc12. The zero-order valence-electron chi connectivity index (χ0n) is 18.3. The minimum atomic E-state index is -0.0567. The third-order valence-electron chi connectivity index (χ3n) is 5.61. The lowest BCUT2D eigenvalue weighted by molar-refractivity contribution is 0.0995. The fourth-order valence-electron chi connectivity index (χ4n) is 4.21. The first-order chi connectivity index (χ1) is 14.8. The Labute approximate surface area is 186 Å². The number of aromatic nitrogens is 3. The van der Waals surface area contributed by atoms with Gasteiger partial charge in [-0.1, -0.05) is 0 Å². The summed E-state index contributed by atoms with van der Waals surface area (Å²) in [7, 11) is 1.92. The number of Topliss-reactive ketones (excluding diaryl/α,β-unsaturated/α-hetero) is 1. The largest absolute Gasteiger partial charge is 0.489 e. The molecule has 0 aliphatic carbocycles. The molecule has 4 N–H and O–H groups in total. The van der Waals surface area contributed by atoms with Crippen molar-refractivity contribution in [2.24, 2.45) is 12.8 Å². The number of carbonyl (C=O) groups excluding carboxylic acids is 1. The Morgan fingerprint density at radius 1 is 1.35 bits per heavy atom. The van der Waals surface area contributed by atoms with Gasteiger partial charge < -0.3 is 21.1 Å². The summed E-state index contributed by atoms with van der Waals surface area (Å²) in [5.74, 6) is 1.63. The zero-order chi connectivity index (χ0) is 22.1. The molecule has 1 aliphatic heterocycles. The van der Waals surface area contributed by atoms with E-state index in [-0.39, 0.29) is 24.3 Å².